The average molecular weight is 469 g/mol. The number of esters is 1. The number of nitrogens with two attached hydrogens (primary N) is 1. The normalized spacial score (nSPS) is 18.2. The van der Waals surface area contributed by atoms with E-state index in [9.17, 15) is 4.79 Å². The van der Waals surface area contributed by atoms with E-state index in [4.69, 9.17) is 20.2 Å². The first kappa shape index (κ1) is 23.3. The summed E-state index contributed by atoms with van der Waals surface area (Å²) in [6, 6.07) is 9.44. The number of aromatic nitrogens is 2. The van der Waals surface area contributed by atoms with E-state index in [1.165, 1.54) is 0 Å². The molecular formula is C25H29ClN4O3. The van der Waals surface area contributed by atoms with Crippen molar-refractivity contribution in [3.63, 3.8) is 0 Å². The monoisotopic (exact) mass is 468 g/mol. The Bertz CT molecular complexity index is 1240. The Labute approximate surface area is 199 Å². The summed E-state index contributed by atoms with van der Waals surface area (Å²) in [4.78, 5) is 21.9. The average Bonchev–Trinajstić information content (AvgIpc) is 3.59. The molecular weight excluding hydrogens is 440 g/mol. The first-order valence-corrected chi connectivity index (χ1v) is 11.0. The predicted molar refractivity (Wildman–Crippen MR) is 131 cm³/mol. The minimum absolute atomic E-state index is 0. The lowest BCUT2D eigenvalue weighted by Crippen LogP contribution is -2.46. The molecule has 0 bridgehead atoms. The van der Waals surface area contributed by atoms with Crippen molar-refractivity contribution in [2.75, 3.05) is 12.4 Å². The molecule has 1 aliphatic carbocycles. The van der Waals surface area contributed by atoms with E-state index < -0.39 is 5.60 Å². The van der Waals surface area contributed by atoms with Crippen LogP contribution in [0.25, 0.3) is 10.8 Å². The van der Waals surface area contributed by atoms with Gasteiger partial charge in [0.25, 0.3) is 0 Å². The molecule has 33 heavy (non-hydrogen) atoms. The van der Waals surface area contributed by atoms with Crippen LogP contribution in [0.15, 0.2) is 36.5 Å². The van der Waals surface area contributed by atoms with E-state index in [1.807, 2.05) is 32.0 Å². The van der Waals surface area contributed by atoms with Crippen molar-refractivity contribution < 1.29 is 14.3 Å². The van der Waals surface area contributed by atoms with Crippen LogP contribution in [-0.2, 0) is 10.2 Å². The lowest BCUT2D eigenvalue weighted by molar-refractivity contribution is -0.0285. The van der Waals surface area contributed by atoms with Crippen molar-refractivity contribution >= 4 is 40.8 Å². The van der Waals surface area contributed by atoms with Gasteiger partial charge in [-0.15, -0.1) is 12.4 Å². The van der Waals surface area contributed by atoms with Crippen molar-refractivity contribution in [2.24, 2.45) is 5.73 Å². The number of nitrogens with zero attached hydrogens (tertiary/aromatic N) is 2. The van der Waals surface area contributed by atoms with Crippen LogP contribution < -0.4 is 15.8 Å². The van der Waals surface area contributed by atoms with Crippen LogP contribution in [-0.4, -0.2) is 28.6 Å². The Morgan fingerprint density at radius 2 is 1.94 bits per heavy atom. The van der Waals surface area contributed by atoms with Crippen LogP contribution in [0.1, 0.15) is 67.7 Å². The lowest BCUT2D eigenvalue weighted by Gasteiger charge is -2.39. The first-order chi connectivity index (χ1) is 15.3. The molecule has 2 aromatic heterocycles. The van der Waals surface area contributed by atoms with Gasteiger partial charge in [0.2, 0.25) is 0 Å². The summed E-state index contributed by atoms with van der Waals surface area (Å²) >= 11 is 0. The molecule has 3 N–H and O–H groups in total. The van der Waals surface area contributed by atoms with Gasteiger partial charge in [-0.3, -0.25) is 0 Å². The van der Waals surface area contributed by atoms with E-state index in [-0.39, 0.29) is 29.8 Å². The minimum Gasteiger partial charge on any atom is -0.496 e. The molecule has 0 radical (unpaired) electrons. The Kier molecular flexibility index (Phi) is 5.75. The van der Waals surface area contributed by atoms with Crippen LogP contribution in [0.5, 0.6) is 5.75 Å². The maximum absolute atomic E-state index is 12.5. The molecule has 0 unspecified atom stereocenters. The maximum Gasteiger partial charge on any atom is 0.340 e. The number of methoxy groups -OCH3 is 1. The highest BCUT2D eigenvalue weighted by Gasteiger charge is 2.63. The van der Waals surface area contributed by atoms with Crippen LogP contribution in [0, 0.1) is 0 Å². The van der Waals surface area contributed by atoms with Gasteiger partial charge >= 0.3 is 5.97 Å². The number of benzene rings is 1. The lowest BCUT2D eigenvalue weighted by atomic mass is 9.80. The second-order valence-electron chi connectivity index (χ2n) is 9.19. The number of carbonyl (C=O) groups is 1. The molecule has 1 fully saturated rings. The molecule has 1 atom stereocenters. The molecule has 1 aromatic carbocycles. The SMILES string of the molecule is CC[C@@H](N)c1ccc(OC)c2cnc(Nc3ccc4c(n3)C3(CC3)C(C)(C)OC4=O)cc12.Cl. The summed E-state index contributed by atoms with van der Waals surface area (Å²) in [5, 5.41) is 5.23. The molecule has 1 saturated carbocycles. The van der Waals surface area contributed by atoms with E-state index in [2.05, 4.69) is 17.2 Å². The topological polar surface area (TPSA) is 99.4 Å². The van der Waals surface area contributed by atoms with Crippen molar-refractivity contribution in [3.05, 3.63) is 53.3 Å². The molecule has 2 aliphatic rings. The number of halogens is 1. The molecule has 0 amide bonds. The van der Waals surface area contributed by atoms with Crippen molar-refractivity contribution in [1.29, 1.82) is 0 Å². The highest BCUT2D eigenvalue weighted by Crippen LogP contribution is 2.59. The van der Waals surface area contributed by atoms with Crippen molar-refractivity contribution in [2.45, 2.75) is 57.1 Å². The van der Waals surface area contributed by atoms with Gasteiger partial charge in [0.15, 0.2) is 0 Å². The second-order valence-corrected chi connectivity index (χ2v) is 9.19. The van der Waals surface area contributed by atoms with Crippen molar-refractivity contribution in [3.8, 4) is 5.75 Å². The number of hydrogen-bond acceptors (Lipinski definition) is 7. The summed E-state index contributed by atoms with van der Waals surface area (Å²) in [6.45, 7) is 6.01. The number of nitrogens with one attached hydrogen (secondary N) is 1. The standard InChI is InChI=1S/C25H28N4O3.ClH/c1-5-18(26)14-6-8-19(31-4)17-13-27-21(12-16(14)17)28-20-9-7-15-22(29-20)25(10-11-25)24(2,3)32-23(15)30;/h6-9,12-13,18H,5,10-11,26H2,1-4H3,(H,27,28,29);1H/t18-;/m1./s1. The summed E-state index contributed by atoms with van der Waals surface area (Å²) in [5.74, 6) is 1.76. The Morgan fingerprint density at radius 1 is 1.18 bits per heavy atom. The summed E-state index contributed by atoms with van der Waals surface area (Å²) in [6.07, 6.45) is 4.54. The number of anilines is 2. The Hall–Kier alpha value is -2.90. The van der Waals surface area contributed by atoms with E-state index in [0.717, 1.165) is 47.0 Å². The van der Waals surface area contributed by atoms with Gasteiger partial charge in [0, 0.05) is 17.6 Å². The zero-order valence-electron chi connectivity index (χ0n) is 19.3. The molecule has 8 heteroatoms. The van der Waals surface area contributed by atoms with Gasteiger partial charge in [0.1, 0.15) is 23.0 Å². The molecule has 3 aromatic rings. The summed E-state index contributed by atoms with van der Waals surface area (Å²) in [5.41, 5.74) is 8.02. The number of cyclic esters (lactones) is 1. The second kappa shape index (κ2) is 8.15. The third-order valence-electron chi connectivity index (χ3n) is 7.03. The van der Waals surface area contributed by atoms with Crippen molar-refractivity contribution in [1.82, 2.24) is 9.97 Å². The molecule has 0 saturated heterocycles. The van der Waals surface area contributed by atoms with Gasteiger partial charge in [-0.1, -0.05) is 13.0 Å². The summed E-state index contributed by atoms with van der Waals surface area (Å²) in [7, 11) is 1.65. The van der Waals surface area contributed by atoms with E-state index in [1.54, 1.807) is 25.4 Å². The number of fused-ring (bicyclic) bond motifs is 3. The van der Waals surface area contributed by atoms with Gasteiger partial charge in [-0.25, -0.2) is 14.8 Å². The largest absolute Gasteiger partial charge is 0.496 e. The molecule has 3 heterocycles. The zero-order valence-corrected chi connectivity index (χ0v) is 20.1. The third-order valence-corrected chi connectivity index (χ3v) is 7.03. The summed E-state index contributed by atoms with van der Waals surface area (Å²) < 4.78 is 11.2. The zero-order chi connectivity index (χ0) is 22.7. The molecule has 5 rings (SSSR count). The van der Waals surface area contributed by atoms with Crippen LogP contribution in [0.2, 0.25) is 0 Å². The van der Waals surface area contributed by atoms with Gasteiger partial charge in [-0.2, -0.15) is 0 Å². The predicted octanol–water partition coefficient (Wildman–Crippen LogP) is 5.19. The molecule has 1 spiro atoms. The molecule has 7 nitrogen and oxygen atoms in total. The van der Waals surface area contributed by atoms with Crippen LogP contribution in [0.4, 0.5) is 11.6 Å². The smallest absolute Gasteiger partial charge is 0.340 e. The van der Waals surface area contributed by atoms with E-state index >= 15 is 0 Å². The molecule has 174 valence electrons. The third kappa shape index (κ3) is 3.60. The fourth-order valence-electron chi connectivity index (χ4n) is 4.85. The van der Waals surface area contributed by atoms with E-state index in [0.29, 0.717) is 17.2 Å². The first-order valence-electron chi connectivity index (χ1n) is 11.0. The number of hydrogen-bond donors (Lipinski definition) is 2. The van der Waals surface area contributed by atoms with Gasteiger partial charge < -0.3 is 20.5 Å². The Morgan fingerprint density at radius 3 is 2.61 bits per heavy atom. The van der Waals surface area contributed by atoms with Gasteiger partial charge in [0.05, 0.1) is 23.8 Å². The number of rotatable bonds is 5. The maximum atomic E-state index is 12.5. The minimum atomic E-state index is -0.564. The number of pyridine rings is 2. The number of carbonyl (C=O) groups excluding carboxylic acids is 1. The highest BCUT2D eigenvalue weighted by atomic mass is 35.5. The van der Waals surface area contributed by atoms with Crippen LogP contribution >= 0.6 is 12.4 Å². The fourth-order valence-corrected chi connectivity index (χ4v) is 4.85. The van der Waals surface area contributed by atoms with Crippen LogP contribution in [0.3, 0.4) is 0 Å². The fraction of sp³-hybridized carbons (Fsp3) is 0.400. The quantitative estimate of drug-likeness (QED) is 0.497. The highest BCUT2D eigenvalue weighted by molar-refractivity contribution is 5.94. The number of ether oxygens (including phenoxy) is 2. The van der Waals surface area contributed by atoms with Gasteiger partial charge in [-0.05, 0) is 68.3 Å². The molecule has 1 aliphatic heterocycles. The Balaban J connectivity index is 0.00000259.